The van der Waals surface area contributed by atoms with Crippen LogP contribution in [0.4, 0.5) is 0 Å². The van der Waals surface area contributed by atoms with Gasteiger partial charge in [-0.3, -0.25) is 9.59 Å². The van der Waals surface area contributed by atoms with E-state index in [4.69, 9.17) is 4.74 Å². The summed E-state index contributed by atoms with van der Waals surface area (Å²) in [6, 6.07) is 32.0. The summed E-state index contributed by atoms with van der Waals surface area (Å²) in [5.41, 5.74) is 6.06. The molecule has 0 spiro atoms. The number of carbonyl (C=O) groups is 2. The van der Waals surface area contributed by atoms with Crippen molar-refractivity contribution >= 4 is 11.6 Å². The Morgan fingerprint density at radius 2 is 1.17 bits per heavy atom. The van der Waals surface area contributed by atoms with E-state index in [0.717, 1.165) is 28.3 Å². The Labute approximate surface area is 209 Å². The molecular weight excluding hydrogens is 448 g/mol. The fourth-order valence-corrected chi connectivity index (χ4v) is 4.35. The molecule has 2 aromatic heterocycles. The van der Waals surface area contributed by atoms with Gasteiger partial charge in [-0.15, -0.1) is 0 Å². The zero-order chi connectivity index (χ0) is 25.1. The molecule has 5 heteroatoms. The van der Waals surface area contributed by atoms with Crippen molar-refractivity contribution in [3.8, 4) is 5.75 Å². The summed E-state index contributed by atoms with van der Waals surface area (Å²) >= 11 is 0. The van der Waals surface area contributed by atoms with Crippen molar-refractivity contribution in [2.75, 3.05) is 7.11 Å². The molecule has 178 valence electrons. The summed E-state index contributed by atoms with van der Waals surface area (Å²) in [7, 11) is 1.63. The molecule has 0 aliphatic heterocycles. The van der Waals surface area contributed by atoms with E-state index >= 15 is 0 Å². The third kappa shape index (κ3) is 4.64. The number of carbonyl (C=O) groups excluding carboxylic acids is 2. The Bertz CT molecular complexity index is 1490. The lowest BCUT2D eigenvalue weighted by Gasteiger charge is -2.16. The monoisotopic (exact) mass is 474 g/mol. The molecule has 0 radical (unpaired) electrons. The summed E-state index contributed by atoms with van der Waals surface area (Å²) in [5.74, 6) is 0.372. The van der Waals surface area contributed by atoms with Gasteiger partial charge in [0, 0.05) is 22.5 Å². The minimum absolute atomic E-state index is 0.0684. The number of aromatic nitrogens is 2. The molecule has 0 aliphatic carbocycles. The quantitative estimate of drug-likeness (QED) is 0.259. The lowest BCUT2D eigenvalue weighted by Crippen LogP contribution is -2.08. The molecule has 2 N–H and O–H groups in total. The number of ether oxygens (including phenoxy) is 1. The molecule has 2 heterocycles. The molecule has 1 atom stereocenters. The van der Waals surface area contributed by atoms with Crippen LogP contribution < -0.4 is 4.74 Å². The maximum atomic E-state index is 13.1. The van der Waals surface area contributed by atoms with E-state index in [2.05, 4.69) is 9.97 Å². The fourth-order valence-electron chi connectivity index (χ4n) is 4.35. The van der Waals surface area contributed by atoms with Crippen LogP contribution in [0.1, 0.15) is 60.5 Å². The van der Waals surface area contributed by atoms with Gasteiger partial charge in [0.15, 0.2) is 0 Å². The minimum Gasteiger partial charge on any atom is -0.497 e. The van der Waals surface area contributed by atoms with Crippen LogP contribution in [0, 0.1) is 6.92 Å². The second kappa shape index (κ2) is 9.92. The highest BCUT2D eigenvalue weighted by molar-refractivity contribution is 6.08. The van der Waals surface area contributed by atoms with E-state index in [1.54, 1.807) is 19.2 Å². The zero-order valence-electron chi connectivity index (χ0n) is 20.1. The highest BCUT2D eigenvalue weighted by atomic mass is 16.5. The Morgan fingerprint density at radius 3 is 1.69 bits per heavy atom. The van der Waals surface area contributed by atoms with Crippen molar-refractivity contribution < 1.29 is 14.3 Å². The lowest BCUT2D eigenvalue weighted by molar-refractivity contribution is 0.102. The molecule has 0 aliphatic rings. The first kappa shape index (κ1) is 23.1. The molecule has 0 saturated carbocycles. The number of rotatable bonds is 8. The van der Waals surface area contributed by atoms with Crippen LogP contribution in [-0.4, -0.2) is 28.6 Å². The van der Waals surface area contributed by atoms with Gasteiger partial charge >= 0.3 is 0 Å². The summed E-state index contributed by atoms with van der Waals surface area (Å²) in [5, 5.41) is 0. The summed E-state index contributed by atoms with van der Waals surface area (Å²) in [4.78, 5) is 32.8. The van der Waals surface area contributed by atoms with Crippen LogP contribution in [0.25, 0.3) is 0 Å². The number of methoxy groups -OCH3 is 1. The number of hydrogen-bond donors (Lipinski definition) is 2. The summed E-state index contributed by atoms with van der Waals surface area (Å²) < 4.78 is 5.33. The predicted octanol–water partition coefficient (Wildman–Crippen LogP) is 6.30. The highest BCUT2D eigenvalue weighted by Crippen LogP contribution is 2.32. The van der Waals surface area contributed by atoms with Crippen molar-refractivity contribution in [3.05, 3.63) is 148 Å². The Kier molecular flexibility index (Phi) is 6.37. The second-order valence-electron chi connectivity index (χ2n) is 8.75. The van der Waals surface area contributed by atoms with Gasteiger partial charge in [-0.2, -0.15) is 0 Å². The zero-order valence-corrected chi connectivity index (χ0v) is 20.1. The van der Waals surface area contributed by atoms with Gasteiger partial charge in [-0.1, -0.05) is 72.3 Å². The van der Waals surface area contributed by atoms with Gasteiger partial charge in [-0.25, -0.2) is 0 Å². The molecule has 3 aromatic carbocycles. The average Bonchev–Trinajstić information content (AvgIpc) is 3.60. The first-order valence-corrected chi connectivity index (χ1v) is 11.8. The lowest BCUT2D eigenvalue weighted by atomic mass is 9.92. The molecule has 36 heavy (non-hydrogen) atoms. The van der Waals surface area contributed by atoms with Crippen molar-refractivity contribution in [1.29, 1.82) is 0 Å². The molecule has 5 rings (SSSR count). The van der Waals surface area contributed by atoms with E-state index in [1.807, 2.05) is 97.9 Å². The first-order chi connectivity index (χ1) is 17.5. The van der Waals surface area contributed by atoms with Crippen LogP contribution in [0.2, 0.25) is 0 Å². The molecule has 1 unspecified atom stereocenters. The van der Waals surface area contributed by atoms with Crippen LogP contribution >= 0.6 is 0 Å². The number of hydrogen-bond acceptors (Lipinski definition) is 3. The maximum absolute atomic E-state index is 13.1. The van der Waals surface area contributed by atoms with Crippen LogP contribution in [0.15, 0.2) is 103 Å². The Hall–Kier alpha value is -4.64. The summed E-state index contributed by atoms with van der Waals surface area (Å²) in [6.45, 7) is 1.99. The van der Waals surface area contributed by atoms with Crippen LogP contribution in [-0.2, 0) is 0 Å². The number of benzene rings is 3. The van der Waals surface area contributed by atoms with Crippen molar-refractivity contribution in [2.24, 2.45) is 0 Å². The molecule has 5 nitrogen and oxygen atoms in total. The van der Waals surface area contributed by atoms with Gasteiger partial charge in [0.05, 0.1) is 24.4 Å². The van der Waals surface area contributed by atoms with Gasteiger partial charge in [0.25, 0.3) is 0 Å². The maximum Gasteiger partial charge on any atom is 0.209 e. The minimum atomic E-state index is -0.243. The molecule has 5 aromatic rings. The highest BCUT2D eigenvalue weighted by Gasteiger charge is 2.23. The van der Waals surface area contributed by atoms with E-state index < -0.39 is 0 Å². The van der Waals surface area contributed by atoms with Crippen molar-refractivity contribution in [3.63, 3.8) is 0 Å². The molecule has 0 saturated heterocycles. The smallest absolute Gasteiger partial charge is 0.209 e. The van der Waals surface area contributed by atoms with E-state index in [0.29, 0.717) is 22.5 Å². The number of aromatic amines is 2. The summed E-state index contributed by atoms with van der Waals surface area (Å²) in [6.07, 6.45) is 0. The molecule has 0 amide bonds. The molecule has 0 bridgehead atoms. The van der Waals surface area contributed by atoms with Crippen LogP contribution in [0.3, 0.4) is 0 Å². The largest absolute Gasteiger partial charge is 0.497 e. The van der Waals surface area contributed by atoms with Gasteiger partial charge in [0.2, 0.25) is 11.6 Å². The van der Waals surface area contributed by atoms with Crippen LogP contribution in [0.5, 0.6) is 5.75 Å². The van der Waals surface area contributed by atoms with Gasteiger partial charge < -0.3 is 14.7 Å². The van der Waals surface area contributed by atoms with Crippen molar-refractivity contribution in [1.82, 2.24) is 9.97 Å². The molecule has 0 fully saturated rings. The third-order valence-corrected chi connectivity index (χ3v) is 6.33. The van der Waals surface area contributed by atoms with Crippen molar-refractivity contribution in [2.45, 2.75) is 12.8 Å². The van der Waals surface area contributed by atoms with Gasteiger partial charge in [0.1, 0.15) is 5.75 Å². The molecular formula is C31H26N2O3. The fraction of sp³-hybridized carbons (Fsp3) is 0.0968. The Balaban J connectivity index is 1.52. The standard InChI is InChI=1S/C31H26N2O3/c1-20-8-10-23(11-9-20)31(35)28-19-17-26(33-28)29(21-12-14-24(36-2)15-13-21)25-16-18-27(32-25)30(34)22-6-4-3-5-7-22/h3-19,29,32-33H,1-2H3. The Morgan fingerprint density at radius 1 is 0.639 bits per heavy atom. The predicted molar refractivity (Wildman–Crippen MR) is 140 cm³/mol. The van der Waals surface area contributed by atoms with Gasteiger partial charge in [-0.05, 0) is 48.9 Å². The first-order valence-electron chi connectivity index (χ1n) is 11.8. The normalized spacial score (nSPS) is 11.7. The SMILES string of the molecule is COc1ccc(C(c2ccc(C(=O)c3ccccc3)[nH]2)c2ccc(C(=O)c3ccc(C)cc3)[nH]2)cc1. The second-order valence-corrected chi connectivity index (χ2v) is 8.75. The van der Waals surface area contributed by atoms with E-state index in [-0.39, 0.29) is 17.5 Å². The topological polar surface area (TPSA) is 75.0 Å². The number of ketones is 2. The van der Waals surface area contributed by atoms with E-state index in [9.17, 15) is 9.59 Å². The number of H-pyrrole nitrogens is 2. The average molecular weight is 475 g/mol. The van der Waals surface area contributed by atoms with E-state index in [1.165, 1.54) is 0 Å². The number of aryl methyl sites for hydroxylation is 1. The third-order valence-electron chi connectivity index (χ3n) is 6.33. The number of nitrogens with one attached hydrogen (secondary N) is 2.